The molecule has 11 heteroatoms. The van der Waals surface area contributed by atoms with Crippen molar-refractivity contribution < 1.29 is 31.5 Å². The molecule has 1 N–H and O–H groups in total. The molecule has 1 amide bonds. The average Bonchev–Trinajstić information content (AvgIpc) is 2.63. The molecule has 0 aliphatic heterocycles. The van der Waals surface area contributed by atoms with Crippen LogP contribution >= 0.6 is 11.6 Å². The lowest BCUT2D eigenvalue weighted by Gasteiger charge is -2.22. The Balaban J connectivity index is 2.24. The summed E-state index contributed by atoms with van der Waals surface area (Å²) in [6.45, 7) is 1.04. The monoisotopic (exact) mass is 446 g/mol. The van der Waals surface area contributed by atoms with E-state index in [1.807, 2.05) is 0 Å². The zero-order valence-corrected chi connectivity index (χ0v) is 17.0. The first-order valence-corrected chi connectivity index (χ1v) is 10.4. The predicted molar refractivity (Wildman–Crippen MR) is 105 cm³/mol. The molecule has 0 fully saturated rings. The molecular weight excluding hydrogens is 430 g/mol. The summed E-state index contributed by atoms with van der Waals surface area (Å²) in [5, 5.41) is 2.54. The van der Waals surface area contributed by atoms with Gasteiger partial charge in [-0.15, -0.1) is 0 Å². The summed E-state index contributed by atoms with van der Waals surface area (Å²) < 4.78 is 56.1. The molecule has 2 aromatic carbocycles. The van der Waals surface area contributed by atoms with E-state index in [4.69, 9.17) is 16.3 Å². The van der Waals surface area contributed by atoms with Gasteiger partial charge in [-0.25, -0.2) is 22.0 Å². The molecule has 29 heavy (non-hydrogen) atoms. The highest BCUT2D eigenvalue weighted by Crippen LogP contribution is 2.23. The molecule has 0 atom stereocenters. The molecule has 0 saturated heterocycles. The standard InChI is InChI=1S/C18H17ClF2N2O5S/c1-3-28-18(25)13-8-11(4-6-14(13)19)22-17(24)10-23(29(2,26)27)12-5-7-15(20)16(21)9-12/h4-9H,3,10H2,1-2H3,(H,22,24). The molecule has 0 heterocycles. The number of carbonyl (C=O) groups excluding carboxylic acids is 2. The molecule has 0 aliphatic rings. The summed E-state index contributed by atoms with van der Waals surface area (Å²) in [5.41, 5.74) is -0.0297. The first-order valence-electron chi connectivity index (χ1n) is 8.22. The first kappa shape index (κ1) is 22.6. The van der Waals surface area contributed by atoms with E-state index in [0.29, 0.717) is 10.4 Å². The fourth-order valence-electron chi connectivity index (χ4n) is 2.34. The SMILES string of the molecule is CCOC(=O)c1cc(NC(=O)CN(c2ccc(F)c(F)c2)S(C)(=O)=O)ccc1Cl. The van der Waals surface area contributed by atoms with Crippen LogP contribution in [0, 0.1) is 11.6 Å². The van der Waals surface area contributed by atoms with Crippen molar-refractivity contribution >= 4 is 44.9 Å². The fraction of sp³-hybridized carbons (Fsp3) is 0.222. The van der Waals surface area contributed by atoms with Crippen molar-refractivity contribution in [2.45, 2.75) is 6.92 Å². The second-order valence-electron chi connectivity index (χ2n) is 5.83. The molecule has 156 valence electrons. The topological polar surface area (TPSA) is 92.8 Å². The maximum absolute atomic E-state index is 13.5. The molecule has 0 aromatic heterocycles. The highest BCUT2D eigenvalue weighted by Gasteiger charge is 2.22. The average molecular weight is 447 g/mol. The number of carbonyl (C=O) groups is 2. The summed E-state index contributed by atoms with van der Waals surface area (Å²) in [7, 11) is -3.98. The summed E-state index contributed by atoms with van der Waals surface area (Å²) in [4.78, 5) is 24.2. The molecule has 0 unspecified atom stereocenters. The van der Waals surface area contributed by atoms with Crippen LogP contribution in [-0.4, -0.2) is 39.7 Å². The molecule has 2 aromatic rings. The Morgan fingerprint density at radius 3 is 2.41 bits per heavy atom. The lowest BCUT2D eigenvalue weighted by Crippen LogP contribution is -2.37. The van der Waals surface area contributed by atoms with Gasteiger partial charge >= 0.3 is 5.97 Å². The van der Waals surface area contributed by atoms with Gasteiger partial charge in [0.2, 0.25) is 15.9 Å². The third-order valence-corrected chi connectivity index (χ3v) is 5.09. The lowest BCUT2D eigenvalue weighted by molar-refractivity contribution is -0.114. The van der Waals surface area contributed by atoms with Crippen LogP contribution in [0.2, 0.25) is 5.02 Å². The highest BCUT2D eigenvalue weighted by molar-refractivity contribution is 7.92. The van der Waals surface area contributed by atoms with E-state index in [9.17, 15) is 26.8 Å². The number of hydrogen-bond donors (Lipinski definition) is 1. The van der Waals surface area contributed by atoms with E-state index in [2.05, 4.69) is 5.32 Å². The van der Waals surface area contributed by atoms with Crippen LogP contribution in [0.15, 0.2) is 36.4 Å². The van der Waals surface area contributed by atoms with Crippen molar-refractivity contribution in [2.75, 3.05) is 29.0 Å². The summed E-state index contributed by atoms with van der Waals surface area (Å²) in [6.07, 6.45) is 0.822. The Bertz CT molecular complexity index is 1050. The molecule has 0 bridgehead atoms. The number of ether oxygens (including phenoxy) is 1. The van der Waals surface area contributed by atoms with E-state index in [-0.39, 0.29) is 28.6 Å². The first-order chi connectivity index (χ1) is 13.5. The van der Waals surface area contributed by atoms with E-state index in [0.717, 1.165) is 18.4 Å². The number of esters is 1. The van der Waals surface area contributed by atoms with Gasteiger partial charge in [0, 0.05) is 11.8 Å². The van der Waals surface area contributed by atoms with E-state index < -0.39 is 40.1 Å². The Hall–Kier alpha value is -2.72. The van der Waals surface area contributed by atoms with Gasteiger partial charge in [0.1, 0.15) is 6.54 Å². The second kappa shape index (κ2) is 9.19. The number of anilines is 2. The Labute approximate surface area is 171 Å². The van der Waals surface area contributed by atoms with Gasteiger partial charge in [0.05, 0.1) is 29.1 Å². The largest absolute Gasteiger partial charge is 0.462 e. The van der Waals surface area contributed by atoms with E-state index >= 15 is 0 Å². The van der Waals surface area contributed by atoms with Gasteiger partial charge in [0.25, 0.3) is 0 Å². The van der Waals surface area contributed by atoms with Crippen LogP contribution in [0.1, 0.15) is 17.3 Å². The van der Waals surface area contributed by atoms with Gasteiger partial charge in [-0.05, 0) is 37.3 Å². The number of amides is 1. The molecule has 0 aliphatic carbocycles. The van der Waals surface area contributed by atoms with Crippen LogP contribution < -0.4 is 9.62 Å². The predicted octanol–water partition coefficient (Wildman–Crippen LogP) is 3.20. The van der Waals surface area contributed by atoms with Crippen molar-refractivity contribution in [3.8, 4) is 0 Å². The number of halogens is 3. The molecule has 7 nitrogen and oxygen atoms in total. The Morgan fingerprint density at radius 1 is 1.14 bits per heavy atom. The zero-order valence-electron chi connectivity index (χ0n) is 15.4. The maximum Gasteiger partial charge on any atom is 0.339 e. The van der Waals surface area contributed by atoms with Crippen molar-refractivity contribution in [3.63, 3.8) is 0 Å². The summed E-state index contributed by atoms with van der Waals surface area (Å²) >= 11 is 5.95. The van der Waals surface area contributed by atoms with Gasteiger partial charge in [-0.3, -0.25) is 9.10 Å². The number of nitrogens with zero attached hydrogens (tertiary/aromatic N) is 1. The van der Waals surface area contributed by atoms with Gasteiger partial charge in [-0.2, -0.15) is 0 Å². The quantitative estimate of drug-likeness (QED) is 0.659. The minimum absolute atomic E-state index is 0.0203. The summed E-state index contributed by atoms with van der Waals surface area (Å²) in [5.74, 6) is -3.88. The van der Waals surface area contributed by atoms with Gasteiger partial charge < -0.3 is 10.1 Å². The van der Waals surface area contributed by atoms with Gasteiger partial charge in [-0.1, -0.05) is 11.6 Å². The van der Waals surface area contributed by atoms with Crippen molar-refractivity contribution in [2.24, 2.45) is 0 Å². The summed E-state index contributed by atoms with van der Waals surface area (Å²) in [6, 6.07) is 6.52. The lowest BCUT2D eigenvalue weighted by atomic mass is 10.2. The van der Waals surface area contributed by atoms with Crippen molar-refractivity contribution in [1.82, 2.24) is 0 Å². The Kier molecular flexibility index (Phi) is 7.15. The minimum atomic E-state index is -3.98. The van der Waals surface area contributed by atoms with E-state index in [1.165, 1.54) is 18.2 Å². The molecular formula is C18H17ClF2N2O5S. The van der Waals surface area contributed by atoms with Crippen LogP contribution in [0.5, 0.6) is 0 Å². The van der Waals surface area contributed by atoms with Crippen LogP contribution in [0.3, 0.4) is 0 Å². The van der Waals surface area contributed by atoms with Crippen molar-refractivity contribution in [3.05, 3.63) is 58.6 Å². The number of nitrogens with one attached hydrogen (secondary N) is 1. The maximum atomic E-state index is 13.5. The number of hydrogen-bond acceptors (Lipinski definition) is 5. The fourth-order valence-corrected chi connectivity index (χ4v) is 3.38. The second-order valence-corrected chi connectivity index (χ2v) is 8.15. The van der Waals surface area contributed by atoms with Gasteiger partial charge in [0.15, 0.2) is 11.6 Å². The van der Waals surface area contributed by atoms with E-state index in [1.54, 1.807) is 6.92 Å². The number of benzene rings is 2. The highest BCUT2D eigenvalue weighted by atomic mass is 35.5. The number of sulfonamides is 1. The smallest absolute Gasteiger partial charge is 0.339 e. The molecule has 0 radical (unpaired) electrons. The molecule has 0 saturated carbocycles. The molecule has 0 spiro atoms. The Morgan fingerprint density at radius 2 is 1.83 bits per heavy atom. The van der Waals surface area contributed by atoms with Crippen LogP contribution in [0.25, 0.3) is 0 Å². The van der Waals surface area contributed by atoms with Crippen molar-refractivity contribution in [1.29, 1.82) is 0 Å². The number of rotatable bonds is 7. The zero-order chi connectivity index (χ0) is 21.8. The van der Waals surface area contributed by atoms with Crippen LogP contribution in [0.4, 0.5) is 20.2 Å². The minimum Gasteiger partial charge on any atom is -0.462 e. The van der Waals surface area contributed by atoms with Crippen LogP contribution in [-0.2, 0) is 19.6 Å². The third kappa shape index (κ3) is 5.88. The third-order valence-electron chi connectivity index (χ3n) is 3.62. The molecule has 2 rings (SSSR count). The normalized spacial score (nSPS) is 11.1.